The number of rotatable bonds is 1. The summed E-state index contributed by atoms with van der Waals surface area (Å²) in [4.78, 5) is 41.5. The van der Waals surface area contributed by atoms with Crippen LogP contribution in [-0.2, 0) is 0 Å². The molecule has 0 fully saturated rings. The molecule has 0 radical (unpaired) electrons. The number of fused-ring (bicyclic) bond motifs is 3. The summed E-state index contributed by atoms with van der Waals surface area (Å²) in [5.41, 5.74) is 0.143. The van der Waals surface area contributed by atoms with Crippen LogP contribution in [0, 0.1) is 0 Å². The first-order chi connectivity index (χ1) is 10.2. The summed E-state index contributed by atoms with van der Waals surface area (Å²) in [5.74, 6) is -0.892. The zero-order valence-electron chi connectivity index (χ0n) is 10.4. The van der Waals surface area contributed by atoms with Gasteiger partial charge in [0.15, 0.2) is 5.69 Å². The van der Waals surface area contributed by atoms with Gasteiger partial charge < -0.3 is 0 Å². The number of aromatic nitrogens is 3. The number of carbonyl (C=O) groups is 2. The second-order valence-corrected chi connectivity index (χ2v) is 5.33. The van der Waals surface area contributed by atoms with Crippen LogP contribution in [-0.4, -0.2) is 26.4 Å². The lowest BCUT2D eigenvalue weighted by molar-refractivity contribution is 0.0924. The van der Waals surface area contributed by atoms with Crippen molar-refractivity contribution in [2.75, 3.05) is 4.90 Å². The van der Waals surface area contributed by atoms with Crippen LogP contribution < -0.4 is 10.5 Å². The Balaban J connectivity index is 1.94. The largest absolute Gasteiger partial charge is 0.292 e. The Labute approximate surface area is 121 Å². The minimum absolute atomic E-state index is 0.149. The van der Waals surface area contributed by atoms with Gasteiger partial charge in [-0.3, -0.25) is 14.4 Å². The number of para-hydroxylation sites is 1. The number of anilines is 1. The molecule has 21 heavy (non-hydrogen) atoms. The Kier molecular flexibility index (Phi) is 2.30. The third-order valence-corrected chi connectivity index (χ3v) is 4.13. The molecule has 0 bridgehead atoms. The van der Waals surface area contributed by atoms with E-state index in [0.29, 0.717) is 5.69 Å². The first-order valence-corrected chi connectivity index (χ1v) is 6.81. The third-order valence-electron chi connectivity index (χ3n) is 3.11. The van der Waals surface area contributed by atoms with E-state index in [0.717, 1.165) is 22.4 Å². The van der Waals surface area contributed by atoms with Crippen molar-refractivity contribution in [3.05, 3.63) is 57.5 Å². The van der Waals surface area contributed by atoms with Crippen molar-refractivity contribution in [3.8, 4) is 0 Å². The second kappa shape index (κ2) is 4.06. The predicted molar refractivity (Wildman–Crippen MR) is 74.7 cm³/mol. The van der Waals surface area contributed by atoms with Crippen molar-refractivity contribution < 1.29 is 9.59 Å². The minimum atomic E-state index is -0.505. The summed E-state index contributed by atoms with van der Waals surface area (Å²) < 4.78 is 1.24. The van der Waals surface area contributed by atoms with Crippen LogP contribution in [0.3, 0.4) is 0 Å². The zero-order chi connectivity index (χ0) is 14.6. The maximum absolute atomic E-state index is 12.5. The Morgan fingerprint density at radius 2 is 1.76 bits per heavy atom. The Morgan fingerprint density at radius 1 is 1.00 bits per heavy atom. The van der Waals surface area contributed by atoms with Crippen LogP contribution in [0.25, 0.3) is 4.96 Å². The molecule has 0 aliphatic carbocycles. The monoisotopic (exact) mass is 298 g/mol. The van der Waals surface area contributed by atoms with Crippen molar-refractivity contribution in [2.24, 2.45) is 0 Å². The molecule has 8 heteroatoms. The summed E-state index contributed by atoms with van der Waals surface area (Å²) in [6, 6.07) is 8.66. The zero-order valence-corrected chi connectivity index (χ0v) is 11.2. The molecule has 1 aliphatic rings. The number of imide groups is 1. The van der Waals surface area contributed by atoms with Crippen LogP contribution >= 0.6 is 11.3 Å². The maximum Gasteiger partial charge on any atom is 0.292 e. The van der Waals surface area contributed by atoms with Crippen molar-refractivity contribution in [1.82, 2.24) is 14.6 Å². The molecule has 0 spiro atoms. The number of benzene rings is 1. The van der Waals surface area contributed by atoms with E-state index in [-0.39, 0.29) is 15.5 Å². The number of amides is 2. The summed E-state index contributed by atoms with van der Waals surface area (Å²) in [5, 5.41) is 3.88. The lowest BCUT2D eigenvalue weighted by Crippen LogP contribution is -2.30. The van der Waals surface area contributed by atoms with Crippen LogP contribution in [0.5, 0.6) is 0 Å². The molecule has 0 saturated carbocycles. The lowest BCUT2D eigenvalue weighted by Gasteiger charge is -2.13. The van der Waals surface area contributed by atoms with E-state index < -0.39 is 17.4 Å². The summed E-state index contributed by atoms with van der Waals surface area (Å²) >= 11 is 0.988. The first kappa shape index (κ1) is 11.9. The lowest BCUT2D eigenvalue weighted by atomic mass is 10.3. The first-order valence-electron chi connectivity index (χ1n) is 5.99. The van der Waals surface area contributed by atoms with Gasteiger partial charge in [-0.15, -0.1) is 0 Å². The van der Waals surface area contributed by atoms with Gasteiger partial charge in [0, 0.05) is 0 Å². The van der Waals surface area contributed by atoms with Gasteiger partial charge in [-0.1, -0.05) is 29.5 Å². The van der Waals surface area contributed by atoms with E-state index in [2.05, 4.69) is 10.1 Å². The highest BCUT2D eigenvalue weighted by molar-refractivity contribution is 7.19. The maximum atomic E-state index is 12.5. The fraction of sp³-hybridized carbons (Fsp3) is 0. The molecule has 0 unspecified atom stereocenters. The molecule has 102 valence electrons. The van der Waals surface area contributed by atoms with E-state index in [1.807, 2.05) is 0 Å². The topological polar surface area (TPSA) is 84.6 Å². The number of hydrogen-bond donors (Lipinski definition) is 0. The van der Waals surface area contributed by atoms with Crippen LogP contribution in [0.2, 0.25) is 0 Å². The Hall–Kier alpha value is -2.87. The van der Waals surface area contributed by atoms with E-state index in [9.17, 15) is 14.4 Å². The van der Waals surface area contributed by atoms with Crippen molar-refractivity contribution in [2.45, 2.75) is 0 Å². The minimum Gasteiger partial charge on any atom is -0.267 e. The SMILES string of the molecule is O=C1c2sc3nc(=O)cnn3c2C(=O)N1c1ccccc1. The average Bonchev–Trinajstić information content (AvgIpc) is 2.96. The number of thiazole rings is 1. The van der Waals surface area contributed by atoms with E-state index in [1.165, 1.54) is 4.52 Å². The van der Waals surface area contributed by atoms with Gasteiger partial charge in [0.1, 0.15) is 11.1 Å². The smallest absolute Gasteiger partial charge is 0.267 e. The van der Waals surface area contributed by atoms with Crippen LogP contribution in [0.4, 0.5) is 5.69 Å². The molecule has 2 amide bonds. The molecule has 0 atom stereocenters. The summed E-state index contributed by atoms with van der Waals surface area (Å²) in [6.45, 7) is 0. The molecule has 1 aliphatic heterocycles. The highest BCUT2D eigenvalue weighted by atomic mass is 32.1. The molecular formula is C13H6N4O3S. The molecule has 7 nitrogen and oxygen atoms in total. The summed E-state index contributed by atoms with van der Waals surface area (Å²) in [6.07, 6.45) is 1.02. The van der Waals surface area contributed by atoms with Crippen LogP contribution in [0.1, 0.15) is 20.2 Å². The quantitative estimate of drug-likeness (QED) is 0.624. The molecule has 2 aromatic heterocycles. The third kappa shape index (κ3) is 1.56. The summed E-state index contributed by atoms with van der Waals surface area (Å²) in [7, 11) is 0. The van der Waals surface area contributed by atoms with Gasteiger partial charge in [0.2, 0.25) is 4.96 Å². The standard InChI is InChI=1S/C13H6N4O3S/c18-8-6-14-17-9-10(21-13(17)15-8)12(20)16(11(9)19)7-4-2-1-3-5-7/h1-6H. The molecular weight excluding hydrogens is 292 g/mol. The normalized spacial score (nSPS) is 14.0. The van der Waals surface area contributed by atoms with Crippen molar-refractivity contribution in [3.63, 3.8) is 0 Å². The molecule has 3 aromatic rings. The van der Waals surface area contributed by atoms with Gasteiger partial charge in [0.05, 0.1) is 5.69 Å². The van der Waals surface area contributed by atoms with E-state index in [4.69, 9.17) is 0 Å². The number of hydrogen-bond acceptors (Lipinski definition) is 6. The molecule has 1 aromatic carbocycles. The fourth-order valence-electron chi connectivity index (χ4n) is 2.23. The van der Waals surface area contributed by atoms with Crippen LogP contribution in [0.15, 0.2) is 41.3 Å². The molecule has 4 rings (SSSR count). The van der Waals surface area contributed by atoms with Crippen molar-refractivity contribution in [1.29, 1.82) is 0 Å². The van der Waals surface area contributed by atoms with Gasteiger partial charge in [-0.2, -0.15) is 14.6 Å². The highest BCUT2D eigenvalue weighted by Gasteiger charge is 2.41. The second-order valence-electron chi connectivity index (χ2n) is 4.35. The van der Waals surface area contributed by atoms with Crippen molar-refractivity contribution >= 4 is 33.8 Å². The predicted octanol–water partition coefficient (Wildman–Crippen LogP) is 0.952. The van der Waals surface area contributed by atoms with Gasteiger partial charge >= 0.3 is 0 Å². The van der Waals surface area contributed by atoms with E-state index >= 15 is 0 Å². The molecule has 3 heterocycles. The van der Waals surface area contributed by atoms with Gasteiger partial charge in [0.25, 0.3) is 17.4 Å². The van der Waals surface area contributed by atoms with Gasteiger partial charge in [-0.25, -0.2) is 4.90 Å². The van der Waals surface area contributed by atoms with Gasteiger partial charge in [-0.05, 0) is 12.1 Å². The fourth-order valence-corrected chi connectivity index (χ4v) is 3.22. The molecule has 0 saturated heterocycles. The Morgan fingerprint density at radius 3 is 2.52 bits per heavy atom. The number of carbonyl (C=O) groups excluding carboxylic acids is 2. The Bertz CT molecular complexity index is 960. The average molecular weight is 298 g/mol. The number of nitrogens with zero attached hydrogens (tertiary/aromatic N) is 4. The highest BCUT2D eigenvalue weighted by Crippen LogP contribution is 2.32. The molecule has 0 N–H and O–H groups in total. The van der Waals surface area contributed by atoms with E-state index in [1.54, 1.807) is 30.3 Å².